The van der Waals surface area contributed by atoms with E-state index in [1.807, 2.05) is 0 Å². The summed E-state index contributed by atoms with van der Waals surface area (Å²) < 4.78 is 33.3. The van der Waals surface area contributed by atoms with Gasteiger partial charge in [-0.3, -0.25) is 0 Å². The number of nitrogens with two attached hydrogens (primary N) is 2. The Morgan fingerprint density at radius 1 is 1.28 bits per heavy atom. The molecule has 0 bridgehead atoms. The fraction of sp³-hybridized carbons (Fsp3) is 0.455. The highest BCUT2D eigenvalue weighted by Gasteiger charge is 2.17. The molecule has 0 atom stereocenters. The molecule has 7 heteroatoms. The molecule has 1 fully saturated rings. The molecule has 0 unspecified atom stereocenters. The lowest BCUT2D eigenvalue weighted by Gasteiger charge is -2.23. The number of benzene rings is 1. The van der Waals surface area contributed by atoms with E-state index in [-0.39, 0.29) is 16.7 Å². The molecular formula is C11H16N2O4S. The van der Waals surface area contributed by atoms with Gasteiger partial charge in [0, 0.05) is 18.9 Å². The van der Waals surface area contributed by atoms with Gasteiger partial charge >= 0.3 is 0 Å². The van der Waals surface area contributed by atoms with Gasteiger partial charge in [-0.05, 0) is 12.1 Å². The molecule has 0 saturated carbocycles. The van der Waals surface area contributed by atoms with Crippen LogP contribution in [0.1, 0.15) is 12.8 Å². The summed E-state index contributed by atoms with van der Waals surface area (Å²) in [7, 11) is -3.78. The molecule has 1 aliphatic rings. The highest BCUT2D eigenvalue weighted by molar-refractivity contribution is 7.89. The van der Waals surface area contributed by atoms with Crippen molar-refractivity contribution in [2.45, 2.75) is 23.8 Å². The van der Waals surface area contributed by atoms with E-state index in [0.717, 1.165) is 12.8 Å². The van der Waals surface area contributed by atoms with Gasteiger partial charge in [-0.2, -0.15) is 0 Å². The maximum Gasteiger partial charge on any atom is 0.240 e. The summed E-state index contributed by atoms with van der Waals surface area (Å²) in [5.74, 6) is 0.548. The Kier molecular flexibility index (Phi) is 3.74. The minimum Gasteiger partial charge on any atom is -0.490 e. The molecule has 6 nitrogen and oxygen atoms in total. The van der Waals surface area contributed by atoms with Gasteiger partial charge in [0.2, 0.25) is 10.0 Å². The minimum absolute atomic E-state index is 0.0816. The van der Waals surface area contributed by atoms with E-state index in [4.69, 9.17) is 20.3 Å². The Balaban J connectivity index is 2.13. The van der Waals surface area contributed by atoms with Crippen LogP contribution >= 0.6 is 0 Å². The molecule has 0 aliphatic carbocycles. The van der Waals surface area contributed by atoms with Crippen LogP contribution in [0.2, 0.25) is 0 Å². The van der Waals surface area contributed by atoms with Gasteiger partial charge in [0.15, 0.2) is 0 Å². The summed E-state index contributed by atoms with van der Waals surface area (Å²) in [5, 5.41) is 5.03. The fourth-order valence-electron chi connectivity index (χ4n) is 1.85. The fourth-order valence-corrected chi connectivity index (χ4v) is 2.49. The van der Waals surface area contributed by atoms with Crippen LogP contribution in [0.25, 0.3) is 0 Å². The van der Waals surface area contributed by atoms with Crippen molar-refractivity contribution in [3.8, 4) is 5.75 Å². The topological polar surface area (TPSA) is 105 Å². The molecular weight excluding hydrogens is 256 g/mol. The van der Waals surface area contributed by atoms with Gasteiger partial charge in [-0.15, -0.1) is 0 Å². The Morgan fingerprint density at radius 3 is 2.50 bits per heavy atom. The van der Waals surface area contributed by atoms with E-state index in [0.29, 0.717) is 19.0 Å². The number of primary sulfonamides is 1. The van der Waals surface area contributed by atoms with Gasteiger partial charge in [0.05, 0.1) is 18.9 Å². The van der Waals surface area contributed by atoms with E-state index >= 15 is 0 Å². The third kappa shape index (κ3) is 3.12. The monoisotopic (exact) mass is 272 g/mol. The Labute approximate surface area is 106 Å². The number of sulfonamides is 1. The SMILES string of the molecule is Nc1cc(OC2CCOCC2)ccc1S(N)(=O)=O. The first kappa shape index (κ1) is 13.1. The lowest BCUT2D eigenvalue weighted by molar-refractivity contribution is 0.0256. The quantitative estimate of drug-likeness (QED) is 0.778. The second kappa shape index (κ2) is 5.13. The standard InChI is InChI=1S/C11H16N2O4S/c12-10-7-9(1-2-11(10)18(13,14)15)17-8-3-5-16-6-4-8/h1-2,7-8H,3-6,12H2,(H2,13,14,15). The Bertz CT molecular complexity index is 524. The number of hydrogen-bond donors (Lipinski definition) is 2. The lowest BCUT2D eigenvalue weighted by Crippen LogP contribution is -2.26. The second-order valence-corrected chi connectivity index (χ2v) is 5.70. The predicted octanol–water partition coefficient (Wildman–Crippen LogP) is 0.474. The molecule has 1 heterocycles. The largest absolute Gasteiger partial charge is 0.490 e. The van der Waals surface area contributed by atoms with Crippen molar-refractivity contribution >= 4 is 15.7 Å². The summed E-state index contributed by atoms with van der Waals surface area (Å²) in [5.41, 5.74) is 5.75. The zero-order valence-electron chi connectivity index (χ0n) is 9.83. The molecule has 1 aromatic rings. The third-order valence-electron chi connectivity index (χ3n) is 2.76. The van der Waals surface area contributed by atoms with Crippen molar-refractivity contribution in [3.63, 3.8) is 0 Å². The maximum absolute atomic E-state index is 11.2. The maximum atomic E-state index is 11.2. The Hall–Kier alpha value is -1.31. The molecule has 0 aromatic heterocycles. The van der Waals surface area contributed by atoms with E-state index in [2.05, 4.69) is 0 Å². The molecule has 1 aromatic carbocycles. The average Bonchev–Trinajstić information content (AvgIpc) is 2.28. The van der Waals surface area contributed by atoms with E-state index in [9.17, 15) is 8.42 Å². The van der Waals surface area contributed by atoms with Crippen LogP contribution in [0.15, 0.2) is 23.1 Å². The molecule has 1 aliphatic heterocycles. The molecule has 1 saturated heterocycles. The van der Waals surface area contributed by atoms with Crippen LogP contribution in [-0.2, 0) is 14.8 Å². The summed E-state index contributed by atoms with van der Waals surface area (Å²) >= 11 is 0. The van der Waals surface area contributed by atoms with Crippen molar-refractivity contribution in [3.05, 3.63) is 18.2 Å². The van der Waals surface area contributed by atoms with E-state index < -0.39 is 10.0 Å². The number of anilines is 1. The molecule has 4 N–H and O–H groups in total. The van der Waals surface area contributed by atoms with Crippen LogP contribution in [-0.4, -0.2) is 27.7 Å². The van der Waals surface area contributed by atoms with Crippen molar-refractivity contribution in [1.82, 2.24) is 0 Å². The first-order valence-corrected chi connectivity index (χ1v) is 7.18. The predicted molar refractivity (Wildman–Crippen MR) is 66.7 cm³/mol. The molecule has 0 spiro atoms. The molecule has 0 amide bonds. The number of hydrogen-bond acceptors (Lipinski definition) is 5. The van der Waals surface area contributed by atoms with E-state index in [1.54, 1.807) is 6.07 Å². The van der Waals surface area contributed by atoms with Gasteiger partial charge < -0.3 is 15.2 Å². The zero-order chi connectivity index (χ0) is 13.2. The minimum atomic E-state index is -3.78. The van der Waals surface area contributed by atoms with Crippen LogP contribution in [0.4, 0.5) is 5.69 Å². The number of rotatable bonds is 3. The summed E-state index contributed by atoms with van der Waals surface area (Å²) in [4.78, 5) is -0.0816. The van der Waals surface area contributed by atoms with Gasteiger partial charge in [0.25, 0.3) is 0 Å². The van der Waals surface area contributed by atoms with Crippen molar-refractivity contribution in [2.75, 3.05) is 18.9 Å². The third-order valence-corrected chi connectivity index (χ3v) is 3.74. The summed E-state index contributed by atoms with van der Waals surface area (Å²) in [6.07, 6.45) is 1.71. The zero-order valence-corrected chi connectivity index (χ0v) is 10.7. The molecule has 100 valence electrons. The first-order chi connectivity index (χ1) is 8.47. The van der Waals surface area contributed by atoms with Crippen molar-refractivity contribution in [2.24, 2.45) is 5.14 Å². The average molecular weight is 272 g/mol. The van der Waals surface area contributed by atoms with Gasteiger partial charge in [0.1, 0.15) is 16.7 Å². The summed E-state index contributed by atoms with van der Waals surface area (Å²) in [6, 6.07) is 4.40. The van der Waals surface area contributed by atoms with Crippen LogP contribution in [0.3, 0.4) is 0 Å². The van der Waals surface area contributed by atoms with Crippen LogP contribution in [0, 0.1) is 0 Å². The van der Waals surface area contributed by atoms with E-state index in [1.165, 1.54) is 12.1 Å². The second-order valence-electron chi connectivity index (χ2n) is 4.17. The lowest BCUT2D eigenvalue weighted by atomic mass is 10.1. The molecule has 2 rings (SSSR count). The Morgan fingerprint density at radius 2 is 1.94 bits per heavy atom. The molecule has 0 radical (unpaired) electrons. The smallest absolute Gasteiger partial charge is 0.240 e. The molecule has 18 heavy (non-hydrogen) atoms. The van der Waals surface area contributed by atoms with Crippen molar-refractivity contribution < 1.29 is 17.9 Å². The van der Waals surface area contributed by atoms with Gasteiger partial charge in [-0.1, -0.05) is 0 Å². The van der Waals surface area contributed by atoms with Crippen LogP contribution in [0.5, 0.6) is 5.75 Å². The first-order valence-electron chi connectivity index (χ1n) is 5.63. The highest BCUT2D eigenvalue weighted by atomic mass is 32.2. The van der Waals surface area contributed by atoms with Crippen LogP contribution < -0.4 is 15.6 Å². The van der Waals surface area contributed by atoms with Gasteiger partial charge in [-0.25, -0.2) is 13.6 Å². The van der Waals surface area contributed by atoms with Crippen molar-refractivity contribution in [1.29, 1.82) is 0 Å². The number of nitrogen functional groups attached to an aromatic ring is 1. The number of ether oxygens (including phenoxy) is 2. The highest BCUT2D eigenvalue weighted by Crippen LogP contribution is 2.25. The summed E-state index contributed by atoms with van der Waals surface area (Å²) in [6.45, 7) is 1.35. The normalized spacial score (nSPS) is 17.6.